The summed E-state index contributed by atoms with van der Waals surface area (Å²) < 4.78 is 0. The third-order valence-electron chi connectivity index (χ3n) is 4.08. The molecule has 0 radical (unpaired) electrons. The summed E-state index contributed by atoms with van der Waals surface area (Å²) >= 11 is 0. The van der Waals surface area contributed by atoms with Crippen molar-refractivity contribution >= 4 is 17.5 Å². The van der Waals surface area contributed by atoms with E-state index in [2.05, 4.69) is 11.0 Å². The summed E-state index contributed by atoms with van der Waals surface area (Å²) in [7, 11) is 0. The topological polar surface area (TPSA) is 20.3 Å². The maximum absolute atomic E-state index is 12.3. The summed E-state index contributed by atoms with van der Waals surface area (Å²) in [6.45, 7) is 2.19. The van der Waals surface area contributed by atoms with Crippen molar-refractivity contribution in [3.63, 3.8) is 0 Å². The summed E-state index contributed by atoms with van der Waals surface area (Å²) in [5, 5.41) is 0. The second kappa shape index (κ2) is 7.08. The van der Waals surface area contributed by atoms with Crippen LogP contribution in [-0.4, -0.2) is 18.9 Å². The van der Waals surface area contributed by atoms with E-state index in [1.54, 1.807) is 6.08 Å². The fourth-order valence-electron chi connectivity index (χ4n) is 2.84. The molecule has 0 spiro atoms. The lowest BCUT2D eigenvalue weighted by Gasteiger charge is -2.29. The number of hydrogen-bond acceptors (Lipinski definition) is 2. The third-order valence-corrected chi connectivity index (χ3v) is 4.08. The molecule has 1 saturated heterocycles. The molecule has 0 aliphatic carbocycles. The van der Waals surface area contributed by atoms with Crippen molar-refractivity contribution in [3.05, 3.63) is 71.8 Å². The number of anilines is 1. The fraction of sp³-hybridized carbons (Fsp3) is 0.250. The van der Waals surface area contributed by atoms with Crippen LogP contribution in [0.1, 0.15) is 35.2 Å². The van der Waals surface area contributed by atoms with Gasteiger partial charge in [0.1, 0.15) is 0 Å². The normalized spacial score (nSPS) is 15.2. The predicted molar refractivity (Wildman–Crippen MR) is 92.3 cm³/mol. The molecule has 1 fully saturated rings. The van der Waals surface area contributed by atoms with Gasteiger partial charge in [0.05, 0.1) is 0 Å². The zero-order valence-corrected chi connectivity index (χ0v) is 12.7. The Hall–Kier alpha value is -2.35. The number of benzene rings is 2. The molecule has 2 aromatic carbocycles. The average molecular weight is 291 g/mol. The Balaban J connectivity index is 1.74. The molecule has 0 aromatic heterocycles. The fourth-order valence-corrected chi connectivity index (χ4v) is 2.84. The van der Waals surface area contributed by atoms with Crippen LogP contribution in [0, 0.1) is 0 Å². The molecular formula is C20H21NO. The van der Waals surface area contributed by atoms with E-state index in [-0.39, 0.29) is 5.78 Å². The molecule has 1 aliphatic rings. The highest BCUT2D eigenvalue weighted by molar-refractivity contribution is 6.07. The molecule has 0 bridgehead atoms. The van der Waals surface area contributed by atoms with Gasteiger partial charge in [0.2, 0.25) is 0 Å². The maximum Gasteiger partial charge on any atom is 0.185 e. The standard InChI is InChI=1S/C20H21NO/c22-20(13-12-17-8-3-1-4-9-17)18-10-7-11-19(16-18)21-14-5-2-6-15-21/h1,3-4,7-13,16H,2,5-6,14-15H2/b13-12+. The van der Waals surface area contributed by atoms with Gasteiger partial charge >= 0.3 is 0 Å². The minimum absolute atomic E-state index is 0.0581. The minimum atomic E-state index is 0.0581. The first-order valence-corrected chi connectivity index (χ1v) is 7.95. The maximum atomic E-state index is 12.3. The molecule has 0 amide bonds. The second-order valence-corrected chi connectivity index (χ2v) is 5.71. The molecule has 1 aliphatic heterocycles. The Labute approximate surface area is 132 Å². The van der Waals surface area contributed by atoms with Crippen molar-refractivity contribution in [1.29, 1.82) is 0 Å². The highest BCUT2D eigenvalue weighted by Crippen LogP contribution is 2.21. The number of rotatable bonds is 4. The van der Waals surface area contributed by atoms with Crippen molar-refractivity contribution in [1.82, 2.24) is 0 Å². The molecule has 0 N–H and O–H groups in total. The zero-order valence-electron chi connectivity index (χ0n) is 12.7. The Morgan fingerprint density at radius 1 is 0.909 bits per heavy atom. The van der Waals surface area contributed by atoms with Gasteiger partial charge in [0, 0.05) is 24.3 Å². The lowest BCUT2D eigenvalue weighted by atomic mass is 10.1. The van der Waals surface area contributed by atoms with Crippen molar-refractivity contribution in [2.45, 2.75) is 19.3 Å². The number of ketones is 1. The van der Waals surface area contributed by atoms with Gasteiger partial charge in [-0.15, -0.1) is 0 Å². The first-order valence-electron chi connectivity index (χ1n) is 7.95. The first kappa shape index (κ1) is 14.6. The third kappa shape index (κ3) is 3.64. The van der Waals surface area contributed by atoms with Gasteiger partial charge in [-0.05, 0) is 43.0 Å². The van der Waals surface area contributed by atoms with Crippen LogP contribution in [0.15, 0.2) is 60.7 Å². The van der Waals surface area contributed by atoms with Crippen LogP contribution in [0.2, 0.25) is 0 Å². The summed E-state index contributed by atoms with van der Waals surface area (Å²) in [6.07, 6.45) is 7.33. The molecule has 0 unspecified atom stereocenters. The van der Waals surface area contributed by atoms with Crippen LogP contribution < -0.4 is 4.90 Å². The van der Waals surface area contributed by atoms with E-state index in [1.165, 1.54) is 24.9 Å². The summed E-state index contributed by atoms with van der Waals surface area (Å²) in [5.74, 6) is 0.0581. The number of hydrogen-bond donors (Lipinski definition) is 0. The van der Waals surface area contributed by atoms with Crippen LogP contribution >= 0.6 is 0 Å². The number of carbonyl (C=O) groups is 1. The van der Waals surface area contributed by atoms with E-state index < -0.39 is 0 Å². The highest BCUT2D eigenvalue weighted by Gasteiger charge is 2.12. The second-order valence-electron chi connectivity index (χ2n) is 5.71. The lowest BCUT2D eigenvalue weighted by Crippen LogP contribution is -2.29. The van der Waals surface area contributed by atoms with Crippen molar-refractivity contribution in [3.8, 4) is 0 Å². The lowest BCUT2D eigenvalue weighted by molar-refractivity contribution is 0.104. The first-order chi connectivity index (χ1) is 10.8. The Bertz CT molecular complexity index is 654. The molecule has 1 heterocycles. The SMILES string of the molecule is O=C(/C=C/c1ccccc1)c1cccc(N2CCCCC2)c1. The zero-order chi connectivity index (χ0) is 15.2. The van der Waals surface area contributed by atoms with Gasteiger partial charge in [0.25, 0.3) is 0 Å². The molecule has 112 valence electrons. The van der Waals surface area contributed by atoms with E-state index in [4.69, 9.17) is 0 Å². The molecule has 3 rings (SSSR count). The minimum Gasteiger partial charge on any atom is -0.372 e. The van der Waals surface area contributed by atoms with Crippen LogP contribution in [-0.2, 0) is 0 Å². The monoisotopic (exact) mass is 291 g/mol. The summed E-state index contributed by atoms with van der Waals surface area (Å²) in [4.78, 5) is 14.7. The molecular weight excluding hydrogens is 270 g/mol. The molecule has 2 heteroatoms. The van der Waals surface area contributed by atoms with Gasteiger partial charge < -0.3 is 4.90 Å². The number of piperidine rings is 1. The largest absolute Gasteiger partial charge is 0.372 e. The quantitative estimate of drug-likeness (QED) is 0.607. The molecule has 0 saturated carbocycles. The van der Waals surface area contributed by atoms with Gasteiger partial charge in [-0.1, -0.05) is 48.5 Å². The van der Waals surface area contributed by atoms with Crippen molar-refractivity contribution in [2.24, 2.45) is 0 Å². The smallest absolute Gasteiger partial charge is 0.185 e. The van der Waals surface area contributed by atoms with Crippen LogP contribution in [0.3, 0.4) is 0 Å². The highest BCUT2D eigenvalue weighted by atomic mass is 16.1. The summed E-state index contributed by atoms with van der Waals surface area (Å²) in [6, 6.07) is 17.9. The molecule has 0 atom stereocenters. The number of nitrogens with zero attached hydrogens (tertiary/aromatic N) is 1. The summed E-state index contributed by atoms with van der Waals surface area (Å²) in [5.41, 5.74) is 2.97. The van der Waals surface area contributed by atoms with Gasteiger partial charge in [-0.3, -0.25) is 4.79 Å². The van der Waals surface area contributed by atoms with E-state index >= 15 is 0 Å². The van der Waals surface area contributed by atoms with Crippen molar-refractivity contribution in [2.75, 3.05) is 18.0 Å². The Morgan fingerprint density at radius 3 is 2.45 bits per heavy atom. The van der Waals surface area contributed by atoms with Gasteiger partial charge in [-0.2, -0.15) is 0 Å². The van der Waals surface area contributed by atoms with E-state index in [0.29, 0.717) is 0 Å². The molecule has 22 heavy (non-hydrogen) atoms. The van der Waals surface area contributed by atoms with Crippen LogP contribution in [0.5, 0.6) is 0 Å². The number of allylic oxidation sites excluding steroid dienone is 1. The van der Waals surface area contributed by atoms with Gasteiger partial charge in [-0.25, -0.2) is 0 Å². The van der Waals surface area contributed by atoms with Crippen LogP contribution in [0.25, 0.3) is 6.08 Å². The average Bonchev–Trinajstić information content (AvgIpc) is 2.61. The van der Waals surface area contributed by atoms with Crippen molar-refractivity contribution < 1.29 is 4.79 Å². The molecule has 2 nitrogen and oxygen atoms in total. The number of carbonyl (C=O) groups excluding carboxylic acids is 1. The Kier molecular flexibility index (Phi) is 4.69. The van der Waals surface area contributed by atoms with E-state index in [1.807, 2.05) is 54.6 Å². The molecule has 2 aromatic rings. The van der Waals surface area contributed by atoms with Crippen LogP contribution in [0.4, 0.5) is 5.69 Å². The van der Waals surface area contributed by atoms with Gasteiger partial charge in [0.15, 0.2) is 5.78 Å². The van der Waals surface area contributed by atoms with E-state index in [9.17, 15) is 4.79 Å². The predicted octanol–water partition coefficient (Wildman–Crippen LogP) is 4.57. The van der Waals surface area contributed by atoms with E-state index in [0.717, 1.165) is 24.2 Å². The Morgan fingerprint density at radius 2 is 1.68 bits per heavy atom.